The van der Waals surface area contributed by atoms with E-state index in [0.717, 1.165) is 12.8 Å². The molecule has 3 heteroatoms. The molecule has 3 nitrogen and oxygen atoms in total. The third kappa shape index (κ3) is 2.48. The van der Waals surface area contributed by atoms with Gasteiger partial charge in [0.25, 0.3) is 5.91 Å². The van der Waals surface area contributed by atoms with Crippen molar-refractivity contribution in [3.8, 4) is 0 Å². The Balaban J connectivity index is 1.74. The standard InChI is InChI=1S/C17H19NO2/c19-16(14-8-11-20-12-14)18-13-17(9-4-5-10-17)15-6-2-1-3-7-15/h1-3,6-8,11-12H,4-5,9-10,13H2,(H,18,19). The van der Waals surface area contributed by atoms with Crippen molar-refractivity contribution in [2.24, 2.45) is 0 Å². The molecule has 1 saturated carbocycles. The van der Waals surface area contributed by atoms with Gasteiger partial charge < -0.3 is 9.73 Å². The Kier molecular flexibility index (Phi) is 3.59. The largest absolute Gasteiger partial charge is 0.472 e. The van der Waals surface area contributed by atoms with Crippen LogP contribution in [0.2, 0.25) is 0 Å². The summed E-state index contributed by atoms with van der Waals surface area (Å²) in [4.78, 5) is 12.1. The highest BCUT2D eigenvalue weighted by Crippen LogP contribution is 2.40. The highest BCUT2D eigenvalue weighted by atomic mass is 16.3. The summed E-state index contributed by atoms with van der Waals surface area (Å²) < 4.78 is 4.96. The van der Waals surface area contributed by atoms with Crippen molar-refractivity contribution in [2.75, 3.05) is 6.54 Å². The fourth-order valence-electron chi connectivity index (χ4n) is 3.16. The van der Waals surface area contributed by atoms with E-state index >= 15 is 0 Å². The fraction of sp³-hybridized carbons (Fsp3) is 0.353. The van der Waals surface area contributed by atoms with Gasteiger partial charge in [-0.25, -0.2) is 0 Å². The van der Waals surface area contributed by atoms with Crippen LogP contribution in [0.15, 0.2) is 53.3 Å². The maximum atomic E-state index is 12.1. The summed E-state index contributed by atoms with van der Waals surface area (Å²) in [5, 5.41) is 3.07. The Morgan fingerprint density at radius 1 is 1.15 bits per heavy atom. The van der Waals surface area contributed by atoms with Crippen molar-refractivity contribution in [2.45, 2.75) is 31.1 Å². The van der Waals surface area contributed by atoms with E-state index in [-0.39, 0.29) is 11.3 Å². The molecular formula is C17H19NO2. The van der Waals surface area contributed by atoms with Gasteiger partial charge in [0.05, 0.1) is 11.8 Å². The molecule has 0 atom stereocenters. The van der Waals surface area contributed by atoms with Crippen molar-refractivity contribution in [3.05, 3.63) is 60.1 Å². The number of carbonyl (C=O) groups is 1. The topological polar surface area (TPSA) is 42.2 Å². The third-order valence-electron chi connectivity index (χ3n) is 4.32. The second-order valence-corrected chi connectivity index (χ2v) is 5.55. The molecule has 104 valence electrons. The average molecular weight is 269 g/mol. The molecule has 1 aliphatic rings. The van der Waals surface area contributed by atoms with E-state index in [2.05, 4.69) is 29.6 Å². The van der Waals surface area contributed by atoms with E-state index in [1.165, 1.54) is 30.9 Å². The van der Waals surface area contributed by atoms with Gasteiger partial charge in [-0.15, -0.1) is 0 Å². The fourth-order valence-corrected chi connectivity index (χ4v) is 3.16. The van der Waals surface area contributed by atoms with E-state index < -0.39 is 0 Å². The molecule has 2 aromatic rings. The molecule has 1 aromatic carbocycles. The molecule has 0 radical (unpaired) electrons. The van der Waals surface area contributed by atoms with Gasteiger partial charge in [-0.3, -0.25) is 4.79 Å². The zero-order valence-electron chi connectivity index (χ0n) is 11.5. The molecule has 1 aliphatic carbocycles. The van der Waals surface area contributed by atoms with Gasteiger partial charge in [-0.2, -0.15) is 0 Å². The first-order valence-electron chi connectivity index (χ1n) is 7.16. The van der Waals surface area contributed by atoms with Crippen LogP contribution in [0.5, 0.6) is 0 Å². The number of rotatable bonds is 4. The number of benzene rings is 1. The van der Waals surface area contributed by atoms with Crippen LogP contribution in [0.3, 0.4) is 0 Å². The van der Waals surface area contributed by atoms with Gasteiger partial charge >= 0.3 is 0 Å². The molecule has 0 unspecified atom stereocenters. The van der Waals surface area contributed by atoms with E-state index in [1.54, 1.807) is 6.07 Å². The number of hydrogen-bond acceptors (Lipinski definition) is 2. The molecule has 1 fully saturated rings. The lowest BCUT2D eigenvalue weighted by atomic mass is 9.79. The molecule has 1 amide bonds. The Morgan fingerprint density at radius 2 is 1.90 bits per heavy atom. The van der Waals surface area contributed by atoms with E-state index in [0.29, 0.717) is 12.1 Å². The smallest absolute Gasteiger partial charge is 0.254 e. The van der Waals surface area contributed by atoms with Crippen molar-refractivity contribution >= 4 is 5.91 Å². The lowest BCUT2D eigenvalue weighted by Gasteiger charge is -2.30. The van der Waals surface area contributed by atoms with E-state index in [4.69, 9.17) is 4.42 Å². The molecule has 0 saturated heterocycles. The number of nitrogens with one attached hydrogen (secondary N) is 1. The van der Waals surface area contributed by atoms with Crippen molar-refractivity contribution < 1.29 is 9.21 Å². The van der Waals surface area contributed by atoms with Gasteiger partial charge in [0.15, 0.2) is 0 Å². The molecule has 0 spiro atoms. The molecular weight excluding hydrogens is 250 g/mol. The Morgan fingerprint density at radius 3 is 2.55 bits per heavy atom. The summed E-state index contributed by atoms with van der Waals surface area (Å²) in [7, 11) is 0. The monoisotopic (exact) mass is 269 g/mol. The predicted octanol–water partition coefficient (Wildman–Crippen LogP) is 3.52. The maximum absolute atomic E-state index is 12.1. The Bertz CT molecular complexity index is 554. The van der Waals surface area contributed by atoms with Crippen LogP contribution in [0.25, 0.3) is 0 Å². The van der Waals surface area contributed by atoms with Crippen molar-refractivity contribution in [3.63, 3.8) is 0 Å². The zero-order valence-corrected chi connectivity index (χ0v) is 11.5. The van der Waals surface area contributed by atoms with Crippen LogP contribution in [0.4, 0.5) is 0 Å². The van der Waals surface area contributed by atoms with E-state index in [1.807, 2.05) is 6.07 Å². The molecule has 1 N–H and O–H groups in total. The molecule has 1 aromatic heterocycles. The lowest BCUT2D eigenvalue weighted by Crippen LogP contribution is -2.38. The normalized spacial score (nSPS) is 17.0. The van der Waals surface area contributed by atoms with Crippen molar-refractivity contribution in [1.29, 1.82) is 0 Å². The number of hydrogen-bond donors (Lipinski definition) is 1. The second-order valence-electron chi connectivity index (χ2n) is 5.55. The maximum Gasteiger partial charge on any atom is 0.254 e. The minimum Gasteiger partial charge on any atom is -0.472 e. The predicted molar refractivity (Wildman–Crippen MR) is 77.6 cm³/mol. The van der Waals surface area contributed by atoms with Gasteiger partial charge in [0, 0.05) is 12.0 Å². The summed E-state index contributed by atoms with van der Waals surface area (Å²) in [5.41, 5.74) is 2.02. The first kappa shape index (κ1) is 13.0. The summed E-state index contributed by atoms with van der Waals surface area (Å²) >= 11 is 0. The van der Waals surface area contributed by atoms with Crippen LogP contribution < -0.4 is 5.32 Å². The van der Waals surface area contributed by atoms with Crippen LogP contribution in [0.1, 0.15) is 41.6 Å². The Hall–Kier alpha value is -2.03. The summed E-state index contributed by atoms with van der Waals surface area (Å²) in [6, 6.07) is 12.2. The SMILES string of the molecule is O=C(NCC1(c2ccccc2)CCCC1)c1ccoc1. The quantitative estimate of drug-likeness (QED) is 0.922. The second kappa shape index (κ2) is 5.53. The van der Waals surface area contributed by atoms with Gasteiger partial charge in [-0.1, -0.05) is 43.2 Å². The lowest BCUT2D eigenvalue weighted by molar-refractivity contribution is 0.0942. The molecule has 3 rings (SSSR count). The first-order valence-corrected chi connectivity index (χ1v) is 7.16. The highest BCUT2D eigenvalue weighted by molar-refractivity contribution is 5.93. The van der Waals surface area contributed by atoms with Gasteiger partial charge in [0.1, 0.15) is 6.26 Å². The van der Waals surface area contributed by atoms with Crippen LogP contribution in [-0.2, 0) is 5.41 Å². The summed E-state index contributed by atoms with van der Waals surface area (Å²) in [6.45, 7) is 0.695. The zero-order chi connectivity index (χ0) is 13.8. The minimum absolute atomic E-state index is 0.0547. The van der Waals surface area contributed by atoms with Gasteiger partial charge in [-0.05, 0) is 24.5 Å². The first-order chi connectivity index (χ1) is 9.80. The van der Waals surface area contributed by atoms with Gasteiger partial charge in [0.2, 0.25) is 0 Å². The number of amides is 1. The summed E-state index contributed by atoms with van der Waals surface area (Å²) in [5.74, 6) is -0.0547. The van der Waals surface area contributed by atoms with Crippen LogP contribution in [-0.4, -0.2) is 12.5 Å². The molecule has 20 heavy (non-hydrogen) atoms. The number of carbonyl (C=O) groups excluding carboxylic acids is 1. The molecule has 0 aliphatic heterocycles. The third-order valence-corrected chi connectivity index (χ3v) is 4.32. The van der Waals surface area contributed by atoms with E-state index in [9.17, 15) is 4.79 Å². The van der Waals surface area contributed by atoms with Crippen molar-refractivity contribution in [1.82, 2.24) is 5.32 Å². The molecule has 1 heterocycles. The highest BCUT2D eigenvalue weighted by Gasteiger charge is 2.35. The van der Waals surface area contributed by atoms with Crippen LogP contribution >= 0.6 is 0 Å². The summed E-state index contributed by atoms with van der Waals surface area (Å²) in [6.07, 6.45) is 7.76. The average Bonchev–Trinajstić information content (AvgIpc) is 3.18. The minimum atomic E-state index is -0.0547. The number of furan rings is 1. The molecule has 0 bridgehead atoms. The van der Waals surface area contributed by atoms with Crippen LogP contribution in [0, 0.1) is 0 Å². The Labute approximate surface area is 119 Å².